The van der Waals surface area contributed by atoms with E-state index in [9.17, 15) is 9.59 Å². The minimum atomic E-state index is -0.611. The lowest BCUT2D eigenvalue weighted by atomic mass is 9.94. The molecular formula is C49H102N4O6. The van der Waals surface area contributed by atoms with Crippen molar-refractivity contribution in [1.82, 2.24) is 4.90 Å². The Balaban J connectivity index is -0.000000654. The molecule has 0 spiro atoms. The van der Waals surface area contributed by atoms with Gasteiger partial charge in [0.2, 0.25) is 6.20 Å². The second kappa shape index (κ2) is 60.3. The maximum atomic E-state index is 12.9. The topological polar surface area (TPSA) is 151 Å². The summed E-state index contributed by atoms with van der Waals surface area (Å²) in [6, 6.07) is 0. The molecule has 0 heterocycles. The summed E-state index contributed by atoms with van der Waals surface area (Å²) in [5, 5.41) is 9.06. The molecular weight excluding hydrogens is 741 g/mol. The fraction of sp³-hybridized carbons (Fsp3) is 0.918. The number of ether oxygens (including phenoxy) is 2. The Labute approximate surface area is 366 Å². The van der Waals surface area contributed by atoms with Crippen LogP contribution in [0.4, 0.5) is 0 Å². The standard InChI is InChI=1S/C36H74N2O2.C10H20O2.C2H3NO2.CH5N/c1-4-7-10-13-17-22-28-35(29-23-18-14-11-8-5-2)36(39)40-34-26-21-16-20-25-32-38(33-27-30-37)31-24-19-15-12-9-6-3;1-2-3-4-5-6-7-8-9-12-10-11;1-2-3(4)5;1-2/h35H,4-34,37H2,1-3H3;10H,2-9H2,1H3;2H,1H2;2H2,1H3. The molecule has 10 heteroatoms. The highest BCUT2D eigenvalue weighted by Gasteiger charge is 2.19. The van der Waals surface area contributed by atoms with Crippen molar-refractivity contribution < 1.29 is 24.0 Å². The molecule has 0 bridgehead atoms. The minimum Gasteiger partial charge on any atom is -0.468 e. The van der Waals surface area contributed by atoms with Crippen molar-refractivity contribution in [3.8, 4) is 0 Å². The zero-order chi connectivity index (χ0) is 44.7. The first-order valence-corrected chi connectivity index (χ1v) is 24.9. The van der Waals surface area contributed by atoms with Gasteiger partial charge in [-0.2, -0.15) is 0 Å². The highest BCUT2D eigenvalue weighted by atomic mass is 16.6. The molecule has 0 saturated carbocycles. The fourth-order valence-corrected chi connectivity index (χ4v) is 6.94. The monoisotopic (exact) mass is 843 g/mol. The van der Waals surface area contributed by atoms with E-state index in [0.717, 1.165) is 45.2 Å². The molecule has 59 heavy (non-hydrogen) atoms. The Kier molecular flexibility index (Phi) is 65.0. The van der Waals surface area contributed by atoms with Crippen molar-refractivity contribution >= 4 is 12.4 Å². The molecule has 10 nitrogen and oxygen atoms in total. The number of hydrogen-bond acceptors (Lipinski definition) is 9. The van der Waals surface area contributed by atoms with Crippen LogP contribution in [0.5, 0.6) is 0 Å². The summed E-state index contributed by atoms with van der Waals surface area (Å²) in [6.07, 6.45) is 42.3. The lowest BCUT2D eigenvalue weighted by Gasteiger charge is -2.22. The molecule has 0 aromatic heterocycles. The maximum absolute atomic E-state index is 12.9. The molecule has 0 saturated heterocycles. The van der Waals surface area contributed by atoms with E-state index in [-0.39, 0.29) is 11.9 Å². The van der Waals surface area contributed by atoms with Crippen molar-refractivity contribution in [2.24, 2.45) is 17.4 Å². The molecule has 0 radical (unpaired) electrons. The molecule has 0 atom stereocenters. The Morgan fingerprint density at radius 2 is 0.898 bits per heavy atom. The van der Waals surface area contributed by atoms with Crippen LogP contribution in [-0.4, -0.2) is 68.7 Å². The Bertz CT molecular complexity index is 803. The Morgan fingerprint density at radius 1 is 0.576 bits per heavy atom. The van der Waals surface area contributed by atoms with Crippen molar-refractivity contribution in [3.63, 3.8) is 0 Å². The zero-order valence-corrected chi connectivity index (χ0v) is 40.0. The van der Waals surface area contributed by atoms with Crippen LogP contribution in [0.2, 0.25) is 0 Å². The van der Waals surface area contributed by atoms with E-state index >= 15 is 0 Å². The van der Waals surface area contributed by atoms with Crippen LogP contribution in [-0.2, 0) is 19.1 Å². The number of carbonyl (C=O) groups excluding carboxylic acids is 2. The SMILES string of the molecule is C=C[N+](=O)[O-].CCCCCCCCC(CCCCCCCC)C(=O)OCCCCCCCN(CCCN)CCCCCCCC.CCCCCCCCCOC=O.CN. The van der Waals surface area contributed by atoms with Gasteiger partial charge in [0.25, 0.3) is 6.47 Å². The van der Waals surface area contributed by atoms with Crippen LogP contribution >= 0.6 is 0 Å². The summed E-state index contributed by atoms with van der Waals surface area (Å²) in [4.78, 5) is 33.7. The third kappa shape index (κ3) is 60.4. The van der Waals surface area contributed by atoms with Gasteiger partial charge in [-0.1, -0.05) is 195 Å². The maximum Gasteiger partial charge on any atom is 0.308 e. The van der Waals surface area contributed by atoms with Crippen molar-refractivity contribution in [2.75, 3.05) is 46.4 Å². The number of rotatable bonds is 43. The van der Waals surface area contributed by atoms with Gasteiger partial charge in [0.15, 0.2) is 0 Å². The molecule has 0 aliphatic rings. The first-order valence-electron chi connectivity index (χ1n) is 24.9. The molecule has 0 amide bonds. The number of hydrogen-bond donors (Lipinski definition) is 2. The molecule has 4 N–H and O–H groups in total. The largest absolute Gasteiger partial charge is 0.468 e. The third-order valence-corrected chi connectivity index (χ3v) is 10.6. The summed E-state index contributed by atoms with van der Waals surface area (Å²) in [5.74, 6) is 0.218. The van der Waals surface area contributed by atoms with Gasteiger partial charge in [0.1, 0.15) is 0 Å². The van der Waals surface area contributed by atoms with E-state index in [0.29, 0.717) is 25.9 Å². The first kappa shape index (κ1) is 63.6. The molecule has 354 valence electrons. The molecule has 0 fully saturated rings. The van der Waals surface area contributed by atoms with Gasteiger partial charge in [-0.25, -0.2) is 0 Å². The van der Waals surface area contributed by atoms with Gasteiger partial charge >= 0.3 is 5.97 Å². The molecule has 0 aliphatic carbocycles. The molecule has 0 aromatic rings. The minimum absolute atomic E-state index is 0.0901. The number of unbranched alkanes of at least 4 members (excludes halogenated alkanes) is 25. The van der Waals surface area contributed by atoms with Crippen molar-refractivity contribution in [1.29, 1.82) is 0 Å². The van der Waals surface area contributed by atoms with Crippen LogP contribution < -0.4 is 11.5 Å². The quantitative estimate of drug-likeness (QED) is 0.0201. The Hall–Kier alpha value is -2.04. The number of carbonyl (C=O) groups is 2. The summed E-state index contributed by atoms with van der Waals surface area (Å²) in [6.45, 7) is 18.0. The van der Waals surface area contributed by atoms with Gasteiger partial charge in [0.05, 0.1) is 24.1 Å². The van der Waals surface area contributed by atoms with Gasteiger partial charge < -0.3 is 25.8 Å². The normalized spacial score (nSPS) is 10.5. The second-order valence-electron chi connectivity index (χ2n) is 16.1. The van der Waals surface area contributed by atoms with Gasteiger partial charge in [-0.05, 0) is 84.8 Å². The molecule has 0 unspecified atom stereocenters. The number of nitrogens with zero attached hydrogens (tertiary/aromatic N) is 2. The zero-order valence-electron chi connectivity index (χ0n) is 40.0. The Morgan fingerprint density at radius 3 is 1.25 bits per heavy atom. The number of nitro groups is 1. The first-order chi connectivity index (χ1) is 28.9. The smallest absolute Gasteiger partial charge is 0.308 e. The molecule has 0 aromatic carbocycles. The van der Waals surface area contributed by atoms with Crippen LogP contribution in [0, 0.1) is 16.0 Å². The average molecular weight is 843 g/mol. The molecule has 0 aliphatic heterocycles. The number of nitrogens with two attached hydrogens (primary N) is 2. The van der Waals surface area contributed by atoms with Gasteiger partial charge in [0, 0.05) is 0 Å². The fourth-order valence-electron chi connectivity index (χ4n) is 6.94. The second-order valence-corrected chi connectivity index (χ2v) is 16.1. The van der Waals surface area contributed by atoms with Crippen molar-refractivity contribution in [3.05, 3.63) is 22.9 Å². The van der Waals surface area contributed by atoms with E-state index < -0.39 is 4.92 Å². The van der Waals surface area contributed by atoms with Crippen LogP contribution in [0.3, 0.4) is 0 Å². The van der Waals surface area contributed by atoms with E-state index in [4.69, 9.17) is 20.6 Å². The van der Waals surface area contributed by atoms with Crippen LogP contribution in [0.15, 0.2) is 12.8 Å². The van der Waals surface area contributed by atoms with E-state index in [1.807, 2.05) is 0 Å². The number of esters is 1. The predicted molar refractivity (Wildman–Crippen MR) is 254 cm³/mol. The summed E-state index contributed by atoms with van der Waals surface area (Å²) in [5.41, 5.74) is 10.3. The summed E-state index contributed by atoms with van der Waals surface area (Å²) >= 11 is 0. The van der Waals surface area contributed by atoms with Crippen LogP contribution in [0.1, 0.15) is 240 Å². The van der Waals surface area contributed by atoms with E-state index in [1.54, 1.807) is 0 Å². The molecule has 0 rings (SSSR count). The third-order valence-electron chi connectivity index (χ3n) is 10.6. The highest BCUT2D eigenvalue weighted by molar-refractivity contribution is 5.72. The van der Waals surface area contributed by atoms with Gasteiger partial charge in [-0.3, -0.25) is 19.7 Å². The van der Waals surface area contributed by atoms with E-state index in [1.165, 1.54) is 200 Å². The van der Waals surface area contributed by atoms with Gasteiger partial charge in [-0.15, -0.1) is 0 Å². The van der Waals surface area contributed by atoms with E-state index in [2.05, 4.69) is 49.6 Å². The summed E-state index contributed by atoms with van der Waals surface area (Å²) in [7, 11) is 1.50. The lowest BCUT2D eigenvalue weighted by molar-refractivity contribution is -0.401. The lowest BCUT2D eigenvalue weighted by Crippen LogP contribution is -2.28. The average Bonchev–Trinajstić information content (AvgIpc) is 3.25. The van der Waals surface area contributed by atoms with Crippen LogP contribution in [0.25, 0.3) is 0 Å². The predicted octanol–water partition coefficient (Wildman–Crippen LogP) is 13.5. The van der Waals surface area contributed by atoms with Crippen molar-refractivity contribution in [2.45, 2.75) is 240 Å². The summed E-state index contributed by atoms with van der Waals surface area (Å²) < 4.78 is 10.4. The highest BCUT2D eigenvalue weighted by Crippen LogP contribution is 2.21.